The minimum Gasteiger partial charge on any atom is -0.497 e. The first-order valence-corrected chi connectivity index (χ1v) is 7.59. The highest BCUT2D eigenvalue weighted by Crippen LogP contribution is 2.24. The third-order valence-corrected chi connectivity index (χ3v) is 4.15. The molecule has 0 aliphatic carbocycles. The van der Waals surface area contributed by atoms with Crippen molar-refractivity contribution < 1.29 is 13.9 Å². The summed E-state index contributed by atoms with van der Waals surface area (Å²) >= 11 is 3.18. The molecule has 0 heterocycles. The normalized spacial score (nSPS) is 11.9. The zero-order valence-electron chi connectivity index (χ0n) is 12.6. The molecule has 5 heteroatoms. The van der Waals surface area contributed by atoms with Crippen LogP contribution in [0.1, 0.15) is 28.9 Å². The van der Waals surface area contributed by atoms with Gasteiger partial charge in [0.25, 0.3) is 5.91 Å². The molecule has 116 valence electrons. The van der Waals surface area contributed by atoms with E-state index in [0.29, 0.717) is 4.47 Å². The number of benzene rings is 2. The predicted molar refractivity (Wildman–Crippen MR) is 87.6 cm³/mol. The van der Waals surface area contributed by atoms with Gasteiger partial charge in [-0.05, 0) is 42.8 Å². The van der Waals surface area contributed by atoms with Crippen LogP contribution >= 0.6 is 15.9 Å². The molecular weight excluding hydrogens is 349 g/mol. The minimum atomic E-state index is -0.534. The summed E-state index contributed by atoms with van der Waals surface area (Å²) in [6.45, 7) is 1.90. The molecule has 1 amide bonds. The Labute approximate surface area is 137 Å². The Bertz CT molecular complexity index is 673. The molecule has 0 aliphatic rings. The van der Waals surface area contributed by atoms with Gasteiger partial charge in [-0.25, -0.2) is 4.39 Å². The van der Waals surface area contributed by atoms with Gasteiger partial charge in [-0.1, -0.05) is 28.1 Å². The highest BCUT2D eigenvalue weighted by Gasteiger charge is 2.21. The number of hydrogen-bond donors (Lipinski definition) is 0. The average molecular weight is 366 g/mol. The first-order chi connectivity index (χ1) is 10.4. The molecule has 2 rings (SSSR count). The zero-order chi connectivity index (χ0) is 16.3. The molecule has 0 bridgehead atoms. The lowest BCUT2D eigenvalue weighted by Crippen LogP contribution is -2.30. The lowest BCUT2D eigenvalue weighted by Gasteiger charge is -2.25. The van der Waals surface area contributed by atoms with E-state index in [9.17, 15) is 9.18 Å². The zero-order valence-corrected chi connectivity index (χ0v) is 14.2. The summed E-state index contributed by atoms with van der Waals surface area (Å²) in [6.07, 6.45) is 0. The van der Waals surface area contributed by atoms with Gasteiger partial charge in [0.2, 0.25) is 0 Å². The molecule has 0 N–H and O–H groups in total. The first kappa shape index (κ1) is 16.5. The SMILES string of the molecule is COc1ccc([C@H](C)N(C)C(=O)c2ccc(Br)cc2F)cc1. The number of hydrogen-bond acceptors (Lipinski definition) is 2. The Kier molecular flexibility index (Phi) is 5.19. The average Bonchev–Trinajstić information content (AvgIpc) is 2.53. The van der Waals surface area contributed by atoms with E-state index < -0.39 is 5.82 Å². The maximum Gasteiger partial charge on any atom is 0.257 e. The van der Waals surface area contributed by atoms with E-state index in [1.807, 2.05) is 31.2 Å². The van der Waals surface area contributed by atoms with Crippen molar-refractivity contribution in [3.63, 3.8) is 0 Å². The molecule has 0 spiro atoms. The summed E-state index contributed by atoms with van der Waals surface area (Å²) in [4.78, 5) is 14.0. The molecule has 0 aromatic heterocycles. The Morgan fingerprint density at radius 3 is 2.41 bits per heavy atom. The fraction of sp³-hybridized carbons (Fsp3) is 0.235. The van der Waals surface area contributed by atoms with Gasteiger partial charge >= 0.3 is 0 Å². The van der Waals surface area contributed by atoms with Crippen molar-refractivity contribution >= 4 is 21.8 Å². The largest absolute Gasteiger partial charge is 0.497 e. The van der Waals surface area contributed by atoms with Gasteiger partial charge in [0.05, 0.1) is 18.7 Å². The molecule has 0 saturated heterocycles. The number of halogens is 2. The molecule has 0 saturated carbocycles. The number of carbonyl (C=O) groups excluding carboxylic acids is 1. The summed E-state index contributed by atoms with van der Waals surface area (Å²) in [5.41, 5.74) is 1.01. The Balaban J connectivity index is 2.21. The summed E-state index contributed by atoms with van der Waals surface area (Å²) < 4.78 is 19.7. The Morgan fingerprint density at radius 2 is 1.86 bits per heavy atom. The van der Waals surface area contributed by atoms with Gasteiger partial charge in [0.1, 0.15) is 11.6 Å². The molecule has 0 radical (unpaired) electrons. The van der Waals surface area contributed by atoms with Crippen molar-refractivity contribution in [2.75, 3.05) is 14.2 Å². The summed E-state index contributed by atoms with van der Waals surface area (Å²) in [7, 11) is 3.27. The van der Waals surface area contributed by atoms with Crippen LogP contribution in [0.4, 0.5) is 4.39 Å². The second-order valence-electron chi connectivity index (χ2n) is 4.99. The van der Waals surface area contributed by atoms with Crippen molar-refractivity contribution in [2.24, 2.45) is 0 Å². The maximum atomic E-state index is 13.9. The van der Waals surface area contributed by atoms with Crippen molar-refractivity contribution in [1.29, 1.82) is 0 Å². The van der Waals surface area contributed by atoms with Crippen LogP contribution in [0.5, 0.6) is 5.75 Å². The van der Waals surface area contributed by atoms with Gasteiger partial charge in [0, 0.05) is 11.5 Å². The number of amides is 1. The molecular formula is C17H17BrFNO2. The van der Waals surface area contributed by atoms with Crippen LogP contribution in [0.25, 0.3) is 0 Å². The Hall–Kier alpha value is -1.88. The van der Waals surface area contributed by atoms with Gasteiger partial charge in [-0.3, -0.25) is 4.79 Å². The monoisotopic (exact) mass is 365 g/mol. The van der Waals surface area contributed by atoms with Crippen LogP contribution in [-0.4, -0.2) is 25.0 Å². The summed E-state index contributed by atoms with van der Waals surface area (Å²) in [5, 5.41) is 0. The third-order valence-electron chi connectivity index (χ3n) is 3.66. The number of nitrogens with zero attached hydrogens (tertiary/aromatic N) is 1. The number of carbonyl (C=O) groups is 1. The van der Waals surface area contributed by atoms with E-state index in [1.54, 1.807) is 20.2 Å². The number of rotatable bonds is 4. The van der Waals surface area contributed by atoms with Gasteiger partial charge in [0.15, 0.2) is 0 Å². The predicted octanol–water partition coefficient (Wildman–Crippen LogP) is 4.43. The van der Waals surface area contributed by atoms with Crippen molar-refractivity contribution in [3.8, 4) is 5.75 Å². The van der Waals surface area contributed by atoms with E-state index in [4.69, 9.17) is 4.74 Å². The van der Waals surface area contributed by atoms with Crippen LogP contribution in [0.2, 0.25) is 0 Å². The fourth-order valence-corrected chi connectivity index (χ4v) is 2.47. The maximum absolute atomic E-state index is 13.9. The summed E-state index contributed by atoms with van der Waals surface area (Å²) in [6, 6.07) is 11.7. The van der Waals surface area contributed by atoms with Crippen LogP contribution in [0.15, 0.2) is 46.9 Å². The molecule has 3 nitrogen and oxygen atoms in total. The van der Waals surface area contributed by atoms with E-state index in [1.165, 1.54) is 17.0 Å². The van der Waals surface area contributed by atoms with Crippen LogP contribution in [-0.2, 0) is 0 Å². The van der Waals surface area contributed by atoms with Crippen LogP contribution < -0.4 is 4.74 Å². The van der Waals surface area contributed by atoms with Crippen molar-refractivity contribution in [2.45, 2.75) is 13.0 Å². The standard InChI is InChI=1S/C17H17BrFNO2/c1-11(12-4-7-14(22-3)8-5-12)20(2)17(21)15-9-6-13(18)10-16(15)19/h4-11H,1-3H3/t11-/m0/s1. The lowest BCUT2D eigenvalue weighted by molar-refractivity contribution is 0.0738. The van der Waals surface area contributed by atoms with Crippen LogP contribution in [0.3, 0.4) is 0 Å². The van der Waals surface area contributed by atoms with Gasteiger partial charge in [-0.15, -0.1) is 0 Å². The highest BCUT2D eigenvalue weighted by molar-refractivity contribution is 9.10. The number of methoxy groups -OCH3 is 1. The number of ether oxygens (including phenoxy) is 1. The second-order valence-corrected chi connectivity index (χ2v) is 5.91. The van der Waals surface area contributed by atoms with E-state index in [2.05, 4.69) is 15.9 Å². The smallest absolute Gasteiger partial charge is 0.257 e. The van der Waals surface area contributed by atoms with Crippen LogP contribution in [0, 0.1) is 5.82 Å². The van der Waals surface area contributed by atoms with E-state index >= 15 is 0 Å². The second kappa shape index (κ2) is 6.92. The molecule has 0 fully saturated rings. The molecule has 0 unspecified atom stereocenters. The van der Waals surface area contributed by atoms with Gasteiger partial charge < -0.3 is 9.64 Å². The molecule has 2 aromatic rings. The van der Waals surface area contributed by atoms with Crippen molar-refractivity contribution in [3.05, 3.63) is 63.9 Å². The highest BCUT2D eigenvalue weighted by atomic mass is 79.9. The van der Waals surface area contributed by atoms with E-state index in [-0.39, 0.29) is 17.5 Å². The molecule has 22 heavy (non-hydrogen) atoms. The molecule has 1 atom stereocenters. The fourth-order valence-electron chi connectivity index (χ4n) is 2.13. The van der Waals surface area contributed by atoms with Gasteiger partial charge in [-0.2, -0.15) is 0 Å². The summed E-state index contributed by atoms with van der Waals surface area (Å²) in [5.74, 6) is -0.134. The third kappa shape index (κ3) is 3.47. The Morgan fingerprint density at radius 1 is 1.23 bits per heavy atom. The topological polar surface area (TPSA) is 29.5 Å². The quantitative estimate of drug-likeness (QED) is 0.801. The lowest BCUT2D eigenvalue weighted by atomic mass is 10.1. The molecule has 2 aromatic carbocycles. The first-order valence-electron chi connectivity index (χ1n) is 6.80. The minimum absolute atomic E-state index is 0.0612. The van der Waals surface area contributed by atoms with E-state index in [0.717, 1.165) is 11.3 Å². The molecule has 0 aliphatic heterocycles. The van der Waals surface area contributed by atoms with Crippen molar-refractivity contribution in [1.82, 2.24) is 4.90 Å².